The normalized spacial score (nSPS) is 10.7. The van der Waals surface area contributed by atoms with Crippen molar-refractivity contribution in [1.29, 1.82) is 0 Å². The molecule has 0 bridgehead atoms. The van der Waals surface area contributed by atoms with E-state index in [9.17, 15) is 0 Å². The fourth-order valence-electron chi connectivity index (χ4n) is 1.78. The Morgan fingerprint density at radius 3 is 2.67 bits per heavy atom. The van der Waals surface area contributed by atoms with Crippen molar-refractivity contribution < 1.29 is 0 Å². The van der Waals surface area contributed by atoms with Crippen LogP contribution < -0.4 is 5.32 Å². The van der Waals surface area contributed by atoms with Crippen LogP contribution in [0.15, 0.2) is 24.4 Å². The van der Waals surface area contributed by atoms with Gasteiger partial charge < -0.3 is 5.32 Å². The van der Waals surface area contributed by atoms with E-state index in [1.807, 2.05) is 7.05 Å². The Morgan fingerprint density at radius 2 is 2.00 bits per heavy atom. The molecule has 18 heavy (non-hydrogen) atoms. The van der Waals surface area contributed by atoms with Crippen molar-refractivity contribution in [3.05, 3.63) is 35.5 Å². The molecule has 2 rings (SSSR count). The molecule has 0 aliphatic rings. The molecule has 0 aliphatic heterocycles. The van der Waals surface area contributed by atoms with Crippen LogP contribution in [-0.4, -0.2) is 22.2 Å². The predicted octanol–water partition coefficient (Wildman–Crippen LogP) is 3.01. The van der Waals surface area contributed by atoms with Crippen LogP contribution in [0.5, 0.6) is 0 Å². The molecule has 0 amide bonds. The molecule has 2 aromatic rings. The minimum absolute atomic E-state index is 0.491. The molecule has 0 saturated heterocycles. The highest BCUT2D eigenvalue weighted by molar-refractivity contribution is 5.62. The fraction of sp³-hybridized carbons (Fsp3) is 0.357. The number of anilines is 1. The van der Waals surface area contributed by atoms with Gasteiger partial charge in [0.15, 0.2) is 5.82 Å². The third-order valence-corrected chi connectivity index (χ3v) is 2.98. The summed E-state index contributed by atoms with van der Waals surface area (Å²) in [6.07, 6.45) is 1.62. The maximum absolute atomic E-state index is 4.44. The van der Waals surface area contributed by atoms with Crippen LogP contribution >= 0.6 is 0 Å². The van der Waals surface area contributed by atoms with E-state index in [2.05, 4.69) is 59.5 Å². The SMILES string of the molecule is CNc1cnnc(-c2cc(C(C)C)ccc2C)n1. The monoisotopic (exact) mass is 242 g/mol. The van der Waals surface area contributed by atoms with Gasteiger partial charge in [-0.25, -0.2) is 4.98 Å². The zero-order valence-corrected chi connectivity index (χ0v) is 11.2. The van der Waals surface area contributed by atoms with E-state index in [0.29, 0.717) is 11.7 Å². The van der Waals surface area contributed by atoms with Gasteiger partial charge in [-0.1, -0.05) is 26.0 Å². The minimum Gasteiger partial charge on any atom is -0.372 e. The van der Waals surface area contributed by atoms with Crippen molar-refractivity contribution >= 4 is 5.82 Å². The number of hydrogen-bond donors (Lipinski definition) is 1. The molecule has 1 N–H and O–H groups in total. The lowest BCUT2D eigenvalue weighted by molar-refractivity contribution is 0.865. The van der Waals surface area contributed by atoms with Crippen LogP contribution in [0.2, 0.25) is 0 Å². The van der Waals surface area contributed by atoms with Crippen LogP contribution in [-0.2, 0) is 0 Å². The van der Waals surface area contributed by atoms with E-state index in [4.69, 9.17) is 0 Å². The summed E-state index contributed by atoms with van der Waals surface area (Å²) in [5.74, 6) is 1.89. The Morgan fingerprint density at radius 1 is 1.22 bits per heavy atom. The molecular formula is C14H18N4. The number of nitrogens with zero attached hydrogens (tertiary/aromatic N) is 3. The topological polar surface area (TPSA) is 50.7 Å². The molecule has 0 saturated carbocycles. The smallest absolute Gasteiger partial charge is 0.184 e. The lowest BCUT2D eigenvalue weighted by atomic mass is 9.97. The van der Waals surface area contributed by atoms with E-state index in [1.54, 1.807) is 6.20 Å². The number of aryl methyl sites for hydroxylation is 1. The lowest BCUT2D eigenvalue weighted by Gasteiger charge is -2.10. The Hall–Kier alpha value is -1.97. The second kappa shape index (κ2) is 5.12. The molecule has 0 aliphatic carbocycles. The van der Waals surface area contributed by atoms with Gasteiger partial charge in [0, 0.05) is 12.6 Å². The Balaban J connectivity index is 2.51. The summed E-state index contributed by atoms with van der Waals surface area (Å²) in [5.41, 5.74) is 3.49. The number of hydrogen-bond acceptors (Lipinski definition) is 4. The Labute approximate surface area is 107 Å². The summed E-state index contributed by atoms with van der Waals surface area (Å²) in [5, 5.41) is 11.1. The third-order valence-electron chi connectivity index (χ3n) is 2.98. The summed E-state index contributed by atoms with van der Waals surface area (Å²) in [7, 11) is 1.82. The maximum Gasteiger partial charge on any atom is 0.184 e. The molecule has 1 aromatic carbocycles. The van der Waals surface area contributed by atoms with Crippen molar-refractivity contribution in [3.63, 3.8) is 0 Å². The summed E-state index contributed by atoms with van der Waals surface area (Å²) >= 11 is 0. The van der Waals surface area contributed by atoms with Crippen molar-refractivity contribution in [3.8, 4) is 11.4 Å². The van der Waals surface area contributed by atoms with Crippen LogP contribution in [0.4, 0.5) is 5.82 Å². The van der Waals surface area contributed by atoms with Gasteiger partial charge in [0.2, 0.25) is 0 Å². The Kier molecular flexibility index (Phi) is 3.55. The largest absolute Gasteiger partial charge is 0.372 e. The van der Waals surface area contributed by atoms with E-state index in [-0.39, 0.29) is 0 Å². The van der Waals surface area contributed by atoms with Gasteiger partial charge in [-0.2, -0.15) is 5.10 Å². The molecule has 94 valence electrons. The average molecular weight is 242 g/mol. The van der Waals surface area contributed by atoms with E-state index >= 15 is 0 Å². The Bertz CT molecular complexity index is 549. The van der Waals surface area contributed by atoms with Gasteiger partial charge in [0.25, 0.3) is 0 Å². The summed E-state index contributed by atoms with van der Waals surface area (Å²) in [6.45, 7) is 6.42. The van der Waals surface area contributed by atoms with Gasteiger partial charge in [-0.3, -0.25) is 0 Å². The van der Waals surface area contributed by atoms with Gasteiger partial charge in [0.1, 0.15) is 5.82 Å². The molecule has 4 nitrogen and oxygen atoms in total. The lowest BCUT2D eigenvalue weighted by Crippen LogP contribution is -2.00. The zero-order valence-electron chi connectivity index (χ0n) is 11.2. The first-order chi connectivity index (χ1) is 8.61. The summed E-state index contributed by atoms with van der Waals surface area (Å²) in [4.78, 5) is 4.44. The number of rotatable bonds is 3. The molecule has 1 aromatic heterocycles. The summed E-state index contributed by atoms with van der Waals surface area (Å²) < 4.78 is 0. The first-order valence-electron chi connectivity index (χ1n) is 6.10. The highest BCUT2D eigenvalue weighted by Crippen LogP contribution is 2.25. The van der Waals surface area contributed by atoms with Gasteiger partial charge in [-0.05, 0) is 30.0 Å². The second-order valence-corrected chi connectivity index (χ2v) is 4.64. The van der Waals surface area contributed by atoms with Crippen LogP contribution in [0, 0.1) is 6.92 Å². The van der Waals surface area contributed by atoms with E-state index in [1.165, 1.54) is 5.56 Å². The number of nitrogens with one attached hydrogen (secondary N) is 1. The molecule has 1 heterocycles. The quantitative estimate of drug-likeness (QED) is 0.898. The highest BCUT2D eigenvalue weighted by Gasteiger charge is 2.09. The van der Waals surface area contributed by atoms with Gasteiger partial charge in [0.05, 0.1) is 6.20 Å². The van der Waals surface area contributed by atoms with Crippen molar-refractivity contribution in [2.24, 2.45) is 0 Å². The minimum atomic E-state index is 0.491. The summed E-state index contributed by atoms with van der Waals surface area (Å²) in [6, 6.07) is 6.41. The van der Waals surface area contributed by atoms with Crippen LogP contribution in [0.1, 0.15) is 30.9 Å². The number of benzene rings is 1. The van der Waals surface area contributed by atoms with Gasteiger partial charge in [-0.15, -0.1) is 5.10 Å². The van der Waals surface area contributed by atoms with E-state index < -0.39 is 0 Å². The van der Waals surface area contributed by atoms with Crippen LogP contribution in [0.25, 0.3) is 11.4 Å². The van der Waals surface area contributed by atoms with Crippen molar-refractivity contribution in [2.75, 3.05) is 12.4 Å². The van der Waals surface area contributed by atoms with Crippen molar-refractivity contribution in [1.82, 2.24) is 15.2 Å². The fourth-order valence-corrected chi connectivity index (χ4v) is 1.78. The first kappa shape index (κ1) is 12.5. The highest BCUT2D eigenvalue weighted by atomic mass is 15.2. The number of aromatic nitrogens is 3. The predicted molar refractivity (Wildman–Crippen MR) is 73.6 cm³/mol. The molecule has 0 fully saturated rings. The molecule has 0 spiro atoms. The second-order valence-electron chi connectivity index (χ2n) is 4.64. The molecular weight excluding hydrogens is 224 g/mol. The first-order valence-corrected chi connectivity index (χ1v) is 6.10. The average Bonchev–Trinajstić information content (AvgIpc) is 2.39. The van der Waals surface area contributed by atoms with Crippen LogP contribution in [0.3, 0.4) is 0 Å². The molecule has 0 atom stereocenters. The van der Waals surface area contributed by atoms with E-state index in [0.717, 1.165) is 16.9 Å². The standard InChI is InChI=1S/C14H18N4/c1-9(2)11-6-5-10(3)12(7-11)14-17-13(15-4)8-16-18-14/h5-9H,1-4H3,(H,15,17,18). The zero-order chi connectivity index (χ0) is 13.1. The molecule has 0 radical (unpaired) electrons. The molecule has 0 unspecified atom stereocenters. The maximum atomic E-state index is 4.44. The third kappa shape index (κ3) is 2.47. The molecule has 4 heteroatoms. The van der Waals surface area contributed by atoms with Gasteiger partial charge >= 0.3 is 0 Å². The van der Waals surface area contributed by atoms with Crippen molar-refractivity contribution in [2.45, 2.75) is 26.7 Å².